The van der Waals surface area contributed by atoms with E-state index in [-0.39, 0.29) is 5.91 Å². The van der Waals surface area contributed by atoms with E-state index in [1.807, 2.05) is 54.8 Å². The molecule has 0 fully saturated rings. The average molecular weight is 414 g/mol. The second-order valence-electron chi connectivity index (χ2n) is 6.38. The number of nitrogens with zero attached hydrogens (tertiary/aromatic N) is 4. The van der Waals surface area contributed by atoms with Gasteiger partial charge in [0.2, 0.25) is 5.91 Å². The smallest absolute Gasteiger partial charge is 0.226 e. The van der Waals surface area contributed by atoms with Gasteiger partial charge in [0.25, 0.3) is 0 Å². The fourth-order valence-corrected chi connectivity index (χ4v) is 2.91. The van der Waals surface area contributed by atoms with Gasteiger partial charge in [0.15, 0.2) is 17.4 Å². The molecule has 0 saturated carbocycles. The molecule has 8 nitrogen and oxygen atoms in total. The van der Waals surface area contributed by atoms with Crippen LogP contribution in [0.25, 0.3) is 5.65 Å². The predicted octanol–water partition coefficient (Wildman–Crippen LogP) is 2.78. The number of aromatic nitrogens is 3. The second kappa shape index (κ2) is 9.88. The summed E-state index contributed by atoms with van der Waals surface area (Å²) in [6, 6.07) is 11.2. The fraction of sp³-hybridized carbons (Fsp3) is 0.300. The van der Waals surface area contributed by atoms with E-state index in [1.165, 1.54) is 0 Å². The van der Waals surface area contributed by atoms with Crippen molar-refractivity contribution in [2.45, 2.75) is 26.8 Å². The Balaban J connectivity index is 1.54. The molecule has 1 aromatic carbocycles. The lowest BCUT2D eigenvalue weighted by Crippen LogP contribution is -2.38. The Hall–Kier alpha value is -3.13. The third kappa shape index (κ3) is 5.45. The number of amides is 1. The molecular weight excluding hydrogens is 390 g/mol. The van der Waals surface area contributed by atoms with Crippen LogP contribution in [0.4, 0.5) is 5.69 Å². The van der Waals surface area contributed by atoms with E-state index >= 15 is 0 Å². The van der Waals surface area contributed by atoms with Crippen molar-refractivity contribution in [2.75, 3.05) is 18.4 Å². The normalized spacial score (nSPS) is 11.5. The van der Waals surface area contributed by atoms with Crippen LogP contribution in [0.3, 0.4) is 0 Å². The summed E-state index contributed by atoms with van der Waals surface area (Å²) < 4.78 is 1.90. The molecule has 0 atom stereocenters. The maximum Gasteiger partial charge on any atom is 0.226 e. The summed E-state index contributed by atoms with van der Waals surface area (Å²) in [6.45, 7) is 5.38. The average Bonchev–Trinajstić information content (AvgIpc) is 3.13. The lowest BCUT2D eigenvalue weighted by atomic mass is 10.2. The zero-order chi connectivity index (χ0) is 20.6. The SMILES string of the molecule is CCNC(=NCc1nnc2ccccn12)NCCC(=O)Nc1cccc(Cl)c1C. The number of hydrogen-bond donors (Lipinski definition) is 3. The highest BCUT2D eigenvalue weighted by atomic mass is 35.5. The molecule has 0 radical (unpaired) electrons. The fourth-order valence-electron chi connectivity index (χ4n) is 2.74. The molecule has 152 valence electrons. The van der Waals surface area contributed by atoms with E-state index in [4.69, 9.17) is 11.6 Å². The minimum atomic E-state index is -0.0952. The number of halogens is 1. The number of rotatable bonds is 7. The summed E-state index contributed by atoms with van der Waals surface area (Å²) in [5.41, 5.74) is 2.36. The molecule has 0 aliphatic heterocycles. The van der Waals surface area contributed by atoms with Crippen LogP contribution in [-0.4, -0.2) is 39.6 Å². The van der Waals surface area contributed by atoms with Gasteiger partial charge in [-0.15, -0.1) is 10.2 Å². The quantitative estimate of drug-likeness (QED) is 0.409. The number of carbonyl (C=O) groups excluding carboxylic acids is 1. The molecule has 29 heavy (non-hydrogen) atoms. The van der Waals surface area contributed by atoms with Gasteiger partial charge < -0.3 is 16.0 Å². The van der Waals surface area contributed by atoms with Gasteiger partial charge in [-0.3, -0.25) is 9.20 Å². The summed E-state index contributed by atoms with van der Waals surface area (Å²) in [7, 11) is 0. The standard InChI is InChI=1S/C20H24ClN7O/c1-3-22-20(24-13-18-27-26-17-9-4-5-12-28(17)18)23-11-10-19(29)25-16-8-6-7-15(21)14(16)2/h4-9,12H,3,10-11,13H2,1-2H3,(H,25,29)(H2,22,23,24). The minimum absolute atomic E-state index is 0.0952. The summed E-state index contributed by atoms with van der Waals surface area (Å²) in [5.74, 6) is 1.26. The molecule has 2 heterocycles. The van der Waals surface area contributed by atoms with Gasteiger partial charge >= 0.3 is 0 Å². The third-order valence-corrected chi connectivity index (χ3v) is 4.70. The van der Waals surface area contributed by atoms with E-state index in [9.17, 15) is 4.79 Å². The number of pyridine rings is 1. The zero-order valence-electron chi connectivity index (χ0n) is 16.4. The summed E-state index contributed by atoms with van der Waals surface area (Å²) in [6.07, 6.45) is 2.20. The van der Waals surface area contributed by atoms with E-state index in [1.54, 1.807) is 6.07 Å². The van der Waals surface area contributed by atoms with Crippen molar-refractivity contribution in [1.82, 2.24) is 25.2 Å². The zero-order valence-corrected chi connectivity index (χ0v) is 17.2. The number of aliphatic imine (C=N–C) groups is 1. The topological polar surface area (TPSA) is 95.7 Å². The van der Waals surface area contributed by atoms with Crippen LogP contribution >= 0.6 is 11.6 Å². The van der Waals surface area contributed by atoms with Crippen LogP contribution in [-0.2, 0) is 11.3 Å². The van der Waals surface area contributed by atoms with Crippen LogP contribution in [0, 0.1) is 6.92 Å². The van der Waals surface area contributed by atoms with Crippen LogP contribution in [0.5, 0.6) is 0 Å². The van der Waals surface area contributed by atoms with E-state index in [0.717, 1.165) is 22.7 Å². The molecule has 0 aliphatic carbocycles. The molecule has 0 saturated heterocycles. The number of carbonyl (C=O) groups is 1. The minimum Gasteiger partial charge on any atom is -0.357 e. The lowest BCUT2D eigenvalue weighted by Gasteiger charge is -2.12. The second-order valence-corrected chi connectivity index (χ2v) is 6.78. The number of fused-ring (bicyclic) bond motifs is 1. The number of nitrogens with one attached hydrogen (secondary N) is 3. The first-order valence-corrected chi connectivity index (χ1v) is 9.82. The van der Waals surface area contributed by atoms with Crippen molar-refractivity contribution in [3.05, 3.63) is 59.0 Å². The highest BCUT2D eigenvalue weighted by Crippen LogP contribution is 2.22. The third-order valence-electron chi connectivity index (χ3n) is 4.29. The number of anilines is 1. The maximum atomic E-state index is 12.2. The maximum absolute atomic E-state index is 12.2. The number of guanidine groups is 1. The van der Waals surface area contributed by atoms with Crippen molar-refractivity contribution in [1.29, 1.82) is 0 Å². The van der Waals surface area contributed by atoms with Gasteiger partial charge in [-0.2, -0.15) is 0 Å². The van der Waals surface area contributed by atoms with Gasteiger partial charge in [0.05, 0.1) is 0 Å². The number of benzene rings is 1. The van der Waals surface area contributed by atoms with Gasteiger partial charge in [-0.05, 0) is 43.7 Å². The molecule has 0 bridgehead atoms. The van der Waals surface area contributed by atoms with Gasteiger partial charge in [-0.1, -0.05) is 23.7 Å². The van der Waals surface area contributed by atoms with Crippen molar-refractivity contribution in [2.24, 2.45) is 4.99 Å². The largest absolute Gasteiger partial charge is 0.357 e. The first-order valence-electron chi connectivity index (χ1n) is 9.44. The molecule has 2 aromatic heterocycles. The Morgan fingerprint density at radius 1 is 1.17 bits per heavy atom. The van der Waals surface area contributed by atoms with Crippen molar-refractivity contribution in [3.63, 3.8) is 0 Å². The Labute approximate surface area is 174 Å². The molecule has 9 heteroatoms. The Kier molecular flexibility index (Phi) is 7.02. The molecule has 0 aliphatic rings. The van der Waals surface area contributed by atoms with Crippen molar-refractivity contribution in [3.8, 4) is 0 Å². The number of hydrogen-bond acceptors (Lipinski definition) is 4. The van der Waals surface area contributed by atoms with Crippen LogP contribution in [0.15, 0.2) is 47.6 Å². The summed E-state index contributed by atoms with van der Waals surface area (Å²) >= 11 is 6.09. The van der Waals surface area contributed by atoms with Gasteiger partial charge in [0.1, 0.15) is 6.54 Å². The highest BCUT2D eigenvalue weighted by molar-refractivity contribution is 6.31. The molecule has 1 amide bonds. The lowest BCUT2D eigenvalue weighted by molar-refractivity contribution is -0.116. The van der Waals surface area contributed by atoms with Gasteiger partial charge in [-0.25, -0.2) is 4.99 Å². The summed E-state index contributed by atoms with van der Waals surface area (Å²) in [5, 5.41) is 18.1. The monoisotopic (exact) mass is 413 g/mol. The Morgan fingerprint density at radius 3 is 2.86 bits per heavy atom. The van der Waals surface area contributed by atoms with Gasteiger partial charge in [0, 0.05) is 36.4 Å². The Bertz CT molecular complexity index is 1010. The van der Waals surface area contributed by atoms with E-state index in [0.29, 0.717) is 37.0 Å². The highest BCUT2D eigenvalue weighted by Gasteiger charge is 2.08. The van der Waals surface area contributed by atoms with Crippen molar-refractivity contribution >= 4 is 34.8 Å². The first kappa shape index (κ1) is 20.6. The van der Waals surface area contributed by atoms with Crippen molar-refractivity contribution < 1.29 is 4.79 Å². The molecule has 3 rings (SSSR count). The molecular formula is C20H24ClN7O. The summed E-state index contributed by atoms with van der Waals surface area (Å²) in [4.78, 5) is 16.8. The van der Waals surface area contributed by atoms with E-state index in [2.05, 4.69) is 31.1 Å². The molecule has 0 unspecified atom stereocenters. The predicted molar refractivity (Wildman–Crippen MR) is 115 cm³/mol. The van der Waals surface area contributed by atoms with E-state index < -0.39 is 0 Å². The van der Waals surface area contributed by atoms with Crippen LogP contribution in [0.1, 0.15) is 24.7 Å². The molecule has 0 spiro atoms. The molecule has 3 N–H and O–H groups in total. The van der Waals surface area contributed by atoms with Crippen LogP contribution in [0.2, 0.25) is 5.02 Å². The first-order chi connectivity index (χ1) is 14.1. The van der Waals surface area contributed by atoms with Crippen LogP contribution < -0.4 is 16.0 Å². The Morgan fingerprint density at radius 2 is 2.03 bits per heavy atom. The molecule has 3 aromatic rings.